The molecule has 1 atom stereocenters. The van der Waals surface area contributed by atoms with Gasteiger partial charge in [0.15, 0.2) is 17.5 Å². The van der Waals surface area contributed by atoms with Crippen LogP contribution in [0.2, 0.25) is 0 Å². The van der Waals surface area contributed by atoms with Crippen LogP contribution in [0.5, 0.6) is 11.5 Å². The maximum absolute atomic E-state index is 5.81. The van der Waals surface area contributed by atoms with E-state index in [2.05, 4.69) is 34.2 Å². The monoisotopic (exact) mass is 388 g/mol. The van der Waals surface area contributed by atoms with Gasteiger partial charge in [-0.2, -0.15) is 0 Å². The molecular weight excluding hydrogens is 356 g/mol. The van der Waals surface area contributed by atoms with Crippen molar-refractivity contribution in [3.8, 4) is 11.5 Å². The molecule has 3 aliphatic rings. The van der Waals surface area contributed by atoms with E-state index in [1.54, 1.807) is 0 Å². The van der Waals surface area contributed by atoms with Crippen LogP contribution in [0.25, 0.3) is 0 Å². The summed E-state index contributed by atoms with van der Waals surface area (Å²) in [7, 11) is 0. The van der Waals surface area contributed by atoms with E-state index in [0.29, 0.717) is 25.8 Å². The fourth-order valence-corrected chi connectivity index (χ4v) is 4.07. The van der Waals surface area contributed by atoms with Gasteiger partial charge in [0.25, 0.3) is 0 Å². The van der Waals surface area contributed by atoms with Crippen LogP contribution in [0.3, 0.4) is 0 Å². The molecule has 7 nitrogen and oxygen atoms in total. The second kappa shape index (κ2) is 9.47. The molecule has 0 spiro atoms. The lowest BCUT2D eigenvalue weighted by molar-refractivity contribution is 0.0195. The molecule has 0 radical (unpaired) electrons. The van der Waals surface area contributed by atoms with Gasteiger partial charge in [0.2, 0.25) is 0 Å². The molecular formula is C21H32N4O3. The molecule has 4 rings (SSSR count). The van der Waals surface area contributed by atoms with Crippen molar-refractivity contribution in [2.24, 2.45) is 4.99 Å². The molecule has 7 heteroatoms. The lowest BCUT2D eigenvalue weighted by atomic mass is 10.2. The number of fused-ring (bicyclic) bond motifs is 1. The number of benzene rings is 1. The number of guanidine groups is 1. The molecule has 3 aliphatic heterocycles. The Morgan fingerprint density at radius 1 is 1.11 bits per heavy atom. The van der Waals surface area contributed by atoms with Crippen LogP contribution < -0.4 is 14.8 Å². The van der Waals surface area contributed by atoms with Crippen molar-refractivity contribution >= 4 is 5.96 Å². The van der Waals surface area contributed by atoms with Crippen LogP contribution in [0, 0.1) is 0 Å². The first-order valence-electron chi connectivity index (χ1n) is 10.6. The summed E-state index contributed by atoms with van der Waals surface area (Å²) in [4.78, 5) is 9.87. The molecule has 2 fully saturated rings. The maximum Gasteiger partial charge on any atom is 0.194 e. The molecule has 0 aliphatic carbocycles. The molecule has 2 saturated heterocycles. The third-order valence-corrected chi connectivity index (χ3v) is 5.58. The average Bonchev–Trinajstić information content (AvgIpc) is 3.11. The molecule has 0 amide bonds. The number of nitrogens with zero attached hydrogens (tertiary/aromatic N) is 3. The zero-order valence-corrected chi connectivity index (χ0v) is 16.9. The second-order valence-corrected chi connectivity index (χ2v) is 7.54. The van der Waals surface area contributed by atoms with E-state index in [1.165, 1.54) is 6.42 Å². The Balaban J connectivity index is 1.40. The summed E-state index contributed by atoms with van der Waals surface area (Å²) < 4.78 is 17.0. The summed E-state index contributed by atoms with van der Waals surface area (Å²) in [6.07, 6.45) is 2.11. The van der Waals surface area contributed by atoms with E-state index in [-0.39, 0.29) is 0 Å². The summed E-state index contributed by atoms with van der Waals surface area (Å²) >= 11 is 0. The third-order valence-electron chi connectivity index (χ3n) is 5.58. The Labute approximate surface area is 167 Å². The number of hydrogen-bond acceptors (Lipinski definition) is 5. The van der Waals surface area contributed by atoms with Gasteiger partial charge < -0.3 is 24.4 Å². The number of ether oxygens (including phenoxy) is 3. The quantitative estimate of drug-likeness (QED) is 0.626. The van der Waals surface area contributed by atoms with Gasteiger partial charge in [-0.1, -0.05) is 6.07 Å². The van der Waals surface area contributed by atoms with Gasteiger partial charge in [0.1, 0.15) is 0 Å². The predicted molar refractivity (Wildman–Crippen MR) is 109 cm³/mol. The zero-order valence-electron chi connectivity index (χ0n) is 16.9. The van der Waals surface area contributed by atoms with Crippen molar-refractivity contribution < 1.29 is 14.2 Å². The van der Waals surface area contributed by atoms with Gasteiger partial charge in [-0.25, -0.2) is 4.99 Å². The SMILES string of the molecule is CCNC(=NCc1ccc2c(c1)OCCCO2)N1CCC(N2CCOCC2)C1. The topological polar surface area (TPSA) is 58.6 Å². The fraction of sp³-hybridized carbons (Fsp3) is 0.667. The highest BCUT2D eigenvalue weighted by Crippen LogP contribution is 2.30. The Kier molecular flexibility index (Phi) is 6.54. The normalized spacial score (nSPS) is 23.5. The number of likely N-dealkylation sites (tertiary alicyclic amines) is 1. The fourth-order valence-electron chi connectivity index (χ4n) is 4.07. The van der Waals surface area contributed by atoms with Gasteiger partial charge in [0.05, 0.1) is 33.0 Å². The predicted octanol–water partition coefficient (Wildman–Crippen LogP) is 1.72. The zero-order chi connectivity index (χ0) is 19.2. The number of morpholine rings is 1. The molecule has 0 saturated carbocycles. The van der Waals surface area contributed by atoms with Crippen molar-refractivity contribution in [1.29, 1.82) is 0 Å². The summed E-state index contributed by atoms with van der Waals surface area (Å²) in [5, 5.41) is 3.47. The third kappa shape index (κ3) is 4.70. The van der Waals surface area contributed by atoms with Crippen molar-refractivity contribution in [3.05, 3.63) is 23.8 Å². The molecule has 1 N–H and O–H groups in total. The second-order valence-electron chi connectivity index (χ2n) is 7.54. The van der Waals surface area contributed by atoms with Crippen LogP contribution in [0.15, 0.2) is 23.2 Å². The molecule has 1 aromatic rings. The molecule has 154 valence electrons. The number of hydrogen-bond donors (Lipinski definition) is 1. The Hall–Kier alpha value is -1.99. The average molecular weight is 389 g/mol. The first-order valence-corrected chi connectivity index (χ1v) is 10.6. The van der Waals surface area contributed by atoms with Crippen molar-refractivity contribution in [3.63, 3.8) is 0 Å². The van der Waals surface area contributed by atoms with Gasteiger partial charge in [-0.05, 0) is 31.0 Å². The maximum atomic E-state index is 5.81. The van der Waals surface area contributed by atoms with Crippen molar-refractivity contribution in [1.82, 2.24) is 15.1 Å². The smallest absolute Gasteiger partial charge is 0.194 e. The summed E-state index contributed by atoms with van der Waals surface area (Å²) in [6.45, 7) is 10.9. The first-order chi connectivity index (χ1) is 13.8. The molecule has 0 bridgehead atoms. The van der Waals surface area contributed by atoms with E-state index in [1.807, 2.05) is 6.07 Å². The highest BCUT2D eigenvalue weighted by atomic mass is 16.5. The van der Waals surface area contributed by atoms with Crippen LogP contribution in [-0.4, -0.2) is 81.0 Å². The molecule has 28 heavy (non-hydrogen) atoms. The van der Waals surface area contributed by atoms with E-state index in [9.17, 15) is 0 Å². The van der Waals surface area contributed by atoms with E-state index < -0.39 is 0 Å². The van der Waals surface area contributed by atoms with Crippen LogP contribution in [-0.2, 0) is 11.3 Å². The Bertz CT molecular complexity index is 676. The minimum atomic E-state index is 0.603. The van der Waals surface area contributed by atoms with Gasteiger partial charge in [0, 0.05) is 45.2 Å². The van der Waals surface area contributed by atoms with Crippen molar-refractivity contribution in [2.75, 3.05) is 59.2 Å². The number of rotatable bonds is 4. The minimum Gasteiger partial charge on any atom is -0.490 e. The largest absolute Gasteiger partial charge is 0.490 e. The lowest BCUT2D eigenvalue weighted by Crippen LogP contribution is -2.46. The molecule has 1 unspecified atom stereocenters. The van der Waals surface area contributed by atoms with Crippen molar-refractivity contribution in [2.45, 2.75) is 32.4 Å². The molecule has 0 aromatic heterocycles. The molecule has 1 aromatic carbocycles. The number of nitrogens with one attached hydrogen (secondary N) is 1. The van der Waals surface area contributed by atoms with E-state index >= 15 is 0 Å². The van der Waals surface area contributed by atoms with E-state index in [4.69, 9.17) is 19.2 Å². The van der Waals surface area contributed by atoms with Gasteiger partial charge in [-0.3, -0.25) is 4.90 Å². The first kappa shape index (κ1) is 19.3. The minimum absolute atomic E-state index is 0.603. The van der Waals surface area contributed by atoms with Gasteiger partial charge >= 0.3 is 0 Å². The van der Waals surface area contributed by atoms with Gasteiger partial charge in [-0.15, -0.1) is 0 Å². The van der Waals surface area contributed by atoms with Crippen LogP contribution in [0.4, 0.5) is 0 Å². The van der Waals surface area contributed by atoms with Crippen LogP contribution in [0.1, 0.15) is 25.3 Å². The highest BCUT2D eigenvalue weighted by molar-refractivity contribution is 5.80. The number of aliphatic imine (C=N–C) groups is 1. The summed E-state index contributed by atoms with van der Waals surface area (Å²) in [5.41, 5.74) is 1.14. The highest BCUT2D eigenvalue weighted by Gasteiger charge is 2.30. The lowest BCUT2D eigenvalue weighted by Gasteiger charge is -2.32. The summed E-state index contributed by atoms with van der Waals surface area (Å²) in [6, 6.07) is 6.75. The van der Waals surface area contributed by atoms with Crippen LogP contribution >= 0.6 is 0 Å². The standard InChI is InChI=1S/C21H32N4O3/c1-2-22-21(25-7-6-18(16-25)24-8-12-26-13-9-24)23-15-17-4-5-19-20(14-17)28-11-3-10-27-19/h4-5,14,18H,2-3,6-13,15-16H2,1H3,(H,22,23). The summed E-state index contributed by atoms with van der Waals surface area (Å²) in [5.74, 6) is 2.68. The van der Waals surface area contributed by atoms with E-state index in [0.717, 1.165) is 75.4 Å². The Morgan fingerprint density at radius 3 is 2.75 bits per heavy atom. The molecule has 3 heterocycles. The Morgan fingerprint density at radius 2 is 1.93 bits per heavy atom.